The fourth-order valence-corrected chi connectivity index (χ4v) is 3.43. The van der Waals surface area contributed by atoms with Crippen LogP contribution in [0, 0.1) is 0 Å². The molecule has 0 aliphatic heterocycles. The summed E-state index contributed by atoms with van der Waals surface area (Å²) in [6.07, 6.45) is -3.71. The Labute approximate surface area is 176 Å². The van der Waals surface area contributed by atoms with E-state index in [0.717, 1.165) is 6.07 Å². The van der Waals surface area contributed by atoms with Gasteiger partial charge in [-0.2, -0.15) is 13.2 Å². The number of nitrogens with zero attached hydrogens (tertiary/aromatic N) is 1. The third kappa shape index (κ3) is 6.83. The highest BCUT2D eigenvalue weighted by Gasteiger charge is 2.31. The summed E-state index contributed by atoms with van der Waals surface area (Å²) in [4.78, 5) is 17.4. The van der Waals surface area contributed by atoms with Crippen molar-refractivity contribution in [3.8, 4) is 0 Å². The van der Waals surface area contributed by atoms with Gasteiger partial charge in [0.2, 0.25) is 5.91 Å². The lowest BCUT2D eigenvalue weighted by atomic mass is 10.2. The molecule has 1 aromatic heterocycles. The van der Waals surface area contributed by atoms with Gasteiger partial charge >= 0.3 is 6.18 Å². The number of carbonyl (C=O) groups excluding carboxylic acids is 1. The number of anilines is 1. The zero-order chi connectivity index (χ0) is 22.4. The van der Waals surface area contributed by atoms with Crippen molar-refractivity contribution in [3.05, 3.63) is 52.7 Å². The highest BCUT2D eigenvalue weighted by Crippen LogP contribution is 2.32. The average Bonchev–Trinajstić information content (AvgIpc) is 2.70. The molecule has 0 atom stereocenters. The molecule has 0 saturated carbocycles. The van der Waals surface area contributed by atoms with Crippen molar-refractivity contribution in [2.24, 2.45) is 5.73 Å². The van der Waals surface area contributed by atoms with Crippen LogP contribution in [0.3, 0.4) is 0 Å². The quantitative estimate of drug-likeness (QED) is 0.333. The molecular weight excluding hydrogens is 447 g/mol. The van der Waals surface area contributed by atoms with E-state index in [0.29, 0.717) is 11.8 Å². The number of halogens is 4. The minimum atomic E-state index is -4.55. The Kier molecular flexibility index (Phi) is 8.01. The molecule has 0 bridgehead atoms. The third-order valence-corrected chi connectivity index (χ3v) is 5.34. The molecular formula is C17H19ClF3N5O3S. The number of carbonyl (C=O) groups is 1. The average molecular weight is 466 g/mol. The first-order valence-corrected chi connectivity index (χ1v) is 10.5. The number of hydrazine groups is 1. The number of nitrogens with one attached hydrogen (secondary N) is 3. The number of nitrogens with two attached hydrogens (primary N) is 1. The third-order valence-electron chi connectivity index (χ3n) is 3.81. The molecule has 1 heterocycles. The van der Waals surface area contributed by atoms with Gasteiger partial charge in [-0.1, -0.05) is 23.7 Å². The van der Waals surface area contributed by atoms with Gasteiger partial charge in [-0.3, -0.25) is 10.2 Å². The second-order valence-electron chi connectivity index (χ2n) is 6.09. The van der Waals surface area contributed by atoms with Crippen LogP contribution < -0.4 is 21.3 Å². The Hall–Kier alpha value is -2.41. The zero-order valence-electron chi connectivity index (χ0n) is 15.5. The molecule has 0 radical (unpaired) electrons. The van der Waals surface area contributed by atoms with E-state index >= 15 is 0 Å². The summed E-state index contributed by atoms with van der Waals surface area (Å²) >= 11 is 5.77. The van der Waals surface area contributed by atoms with Gasteiger partial charge in [0.1, 0.15) is 5.82 Å². The van der Waals surface area contributed by atoms with Gasteiger partial charge in [-0.25, -0.2) is 13.4 Å². The maximum Gasteiger partial charge on any atom is 0.417 e. The van der Waals surface area contributed by atoms with Crippen LogP contribution in [0.5, 0.6) is 0 Å². The summed E-state index contributed by atoms with van der Waals surface area (Å²) in [5.41, 5.74) is 7.21. The summed E-state index contributed by atoms with van der Waals surface area (Å²) in [5, 5.41) is 2.51. The number of benzene rings is 1. The standard InChI is InChI=1S/C17H19ClF3N5O3S/c18-14-8-12(17(19,20)21)10-24-16(14)23-6-2-5-15(27)25-26-30(28,29)13-4-1-3-11(7-13)9-22/h1,3-4,7-8,10,26H,2,5-6,9,22H2,(H,23,24)(H,25,27). The van der Waals surface area contributed by atoms with Gasteiger partial charge in [0.25, 0.3) is 10.0 Å². The number of pyridine rings is 1. The highest BCUT2D eigenvalue weighted by molar-refractivity contribution is 7.89. The summed E-state index contributed by atoms with van der Waals surface area (Å²) in [7, 11) is -3.96. The van der Waals surface area contributed by atoms with Crippen LogP contribution in [0.1, 0.15) is 24.0 Å². The predicted octanol–water partition coefficient (Wildman–Crippen LogP) is 2.41. The van der Waals surface area contributed by atoms with Crippen molar-refractivity contribution in [3.63, 3.8) is 0 Å². The van der Waals surface area contributed by atoms with E-state index in [9.17, 15) is 26.4 Å². The lowest BCUT2D eigenvalue weighted by Gasteiger charge is -2.11. The van der Waals surface area contributed by atoms with Crippen LogP contribution >= 0.6 is 11.6 Å². The maximum absolute atomic E-state index is 12.6. The Morgan fingerprint density at radius 2 is 1.97 bits per heavy atom. The van der Waals surface area contributed by atoms with Crippen LogP contribution in [0.15, 0.2) is 41.4 Å². The van der Waals surface area contributed by atoms with E-state index in [1.807, 2.05) is 4.83 Å². The van der Waals surface area contributed by atoms with Crippen molar-refractivity contribution in [2.45, 2.75) is 30.5 Å². The monoisotopic (exact) mass is 465 g/mol. The number of hydrogen-bond donors (Lipinski definition) is 4. The first kappa shape index (κ1) is 23.9. The van der Waals surface area contributed by atoms with Crippen LogP contribution in [0.25, 0.3) is 0 Å². The Morgan fingerprint density at radius 1 is 1.23 bits per heavy atom. The second kappa shape index (κ2) is 10.1. The van der Waals surface area contributed by atoms with E-state index in [1.165, 1.54) is 18.2 Å². The smallest absolute Gasteiger partial charge is 0.369 e. The summed E-state index contributed by atoms with van der Waals surface area (Å²) in [5.74, 6) is -0.549. The second-order valence-corrected chi connectivity index (χ2v) is 8.18. The normalized spacial score (nSPS) is 11.9. The molecule has 164 valence electrons. The molecule has 0 saturated heterocycles. The minimum Gasteiger partial charge on any atom is -0.369 e. The number of hydrogen-bond acceptors (Lipinski definition) is 6. The van der Waals surface area contributed by atoms with Gasteiger partial charge in [0.05, 0.1) is 15.5 Å². The number of rotatable bonds is 9. The number of amides is 1. The zero-order valence-corrected chi connectivity index (χ0v) is 17.0. The molecule has 2 aromatic rings. The first-order chi connectivity index (χ1) is 14.0. The van der Waals surface area contributed by atoms with Crippen LogP contribution in [-0.4, -0.2) is 25.9 Å². The van der Waals surface area contributed by atoms with E-state index in [2.05, 4.69) is 15.7 Å². The Morgan fingerprint density at radius 3 is 2.60 bits per heavy atom. The number of sulfonamides is 1. The van der Waals surface area contributed by atoms with Gasteiger partial charge in [-0.15, -0.1) is 4.83 Å². The topological polar surface area (TPSA) is 126 Å². The van der Waals surface area contributed by atoms with Crippen molar-refractivity contribution >= 4 is 33.3 Å². The number of alkyl halides is 3. The lowest BCUT2D eigenvalue weighted by Crippen LogP contribution is -2.41. The fraction of sp³-hybridized carbons (Fsp3) is 0.294. The van der Waals surface area contributed by atoms with Crippen molar-refractivity contribution < 1.29 is 26.4 Å². The van der Waals surface area contributed by atoms with E-state index in [4.69, 9.17) is 17.3 Å². The van der Waals surface area contributed by atoms with Crippen molar-refractivity contribution in [1.82, 2.24) is 15.2 Å². The Bertz CT molecular complexity index is 1000. The highest BCUT2D eigenvalue weighted by atomic mass is 35.5. The molecule has 0 aliphatic carbocycles. The lowest BCUT2D eigenvalue weighted by molar-refractivity contribution is -0.137. The largest absolute Gasteiger partial charge is 0.417 e. The molecule has 5 N–H and O–H groups in total. The van der Waals surface area contributed by atoms with Crippen LogP contribution in [0.4, 0.5) is 19.0 Å². The van der Waals surface area contributed by atoms with Crippen molar-refractivity contribution in [1.29, 1.82) is 0 Å². The van der Waals surface area contributed by atoms with Gasteiger partial charge in [0, 0.05) is 25.7 Å². The van der Waals surface area contributed by atoms with E-state index in [-0.39, 0.29) is 41.7 Å². The van der Waals surface area contributed by atoms with Gasteiger partial charge in [0.15, 0.2) is 0 Å². The van der Waals surface area contributed by atoms with E-state index < -0.39 is 27.7 Å². The molecule has 30 heavy (non-hydrogen) atoms. The summed E-state index contributed by atoms with van der Waals surface area (Å²) in [6.45, 7) is 0.345. The molecule has 0 unspecified atom stereocenters. The maximum atomic E-state index is 12.6. The van der Waals surface area contributed by atoms with Gasteiger partial charge in [-0.05, 0) is 30.2 Å². The molecule has 1 aromatic carbocycles. The number of aromatic nitrogens is 1. The molecule has 0 aliphatic rings. The predicted molar refractivity (Wildman–Crippen MR) is 105 cm³/mol. The first-order valence-electron chi connectivity index (χ1n) is 8.59. The summed E-state index contributed by atoms with van der Waals surface area (Å²) < 4.78 is 62.1. The van der Waals surface area contributed by atoms with Crippen LogP contribution in [0.2, 0.25) is 5.02 Å². The van der Waals surface area contributed by atoms with Crippen LogP contribution in [-0.2, 0) is 27.5 Å². The molecule has 1 amide bonds. The molecule has 13 heteroatoms. The molecule has 0 fully saturated rings. The fourth-order valence-electron chi connectivity index (χ4n) is 2.26. The van der Waals surface area contributed by atoms with E-state index in [1.54, 1.807) is 6.07 Å². The van der Waals surface area contributed by atoms with Gasteiger partial charge < -0.3 is 11.1 Å². The minimum absolute atomic E-state index is 0.0459. The molecule has 0 spiro atoms. The SMILES string of the molecule is NCc1cccc(S(=O)(=O)NNC(=O)CCCNc2ncc(C(F)(F)F)cc2Cl)c1. The molecule has 2 rings (SSSR count). The van der Waals surface area contributed by atoms with Crippen molar-refractivity contribution in [2.75, 3.05) is 11.9 Å². The summed E-state index contributed by atoms with van der Waals surface area (Å²) in [6, 6.07) is 6.70. The Balaban J connectivity index is 1.79. The molecule has 8 nitrogen and oxygen atoms in total.